The van der Waals surface area contributed by atoms with Gasteiger partial charge >= 0.3 is 0 Å². The number of hydrogen-bond donors (Lipinski definition) is 1. The number of ether oxygens (including phenoxy) is 1. The van der Waals surface area contributed by atoms with Crippen LogP contribution in [-0.4, -0.2) is 13.0 Å². The second-order valence-corrected chi connectivity index (χ2v) is 4.57. The lowest BCUT2D eigenvalue weighted by Gasteiger charge is -2.12. The summed E-state index contributed by atoms with van der Waals surface area (Å²) in [4.78, 5) is 12.0. The molecular weight excluding hydrogens is 264 g/mol. The van der Waals surface area contributed by atoms with Gasteiger partial charge in [0.2, 0.25) is 5.91 Å². The molecule has 0 aliphatic carbocycles. The summed E-state index contributed by atoms with van der Waals surface area (Å²) in [6.45, 7) is 0. The molecular formula is C17H16N2O2. The minimum absolute atomic E-state index is 0.185. The highest BCUT2D eigenvalue weighted by Crippen LogP contribution is 2.14. The summed E-state index contributed by atoms with van der Waals surface area (Å²) in [6, 6.07) is 18.0. The number of hydrogen-bond acceptors (Lipinski definition) is 3. The van der Waals surface area contributed by atoms with Crippen molar-refractivity contribution in [3.8, 4) is 11.8 Å². The topological polar surface area (TPSA) is 62.1 Å². The van der Waals surface area contributed by atoms with E-state index >= 15 is 0 Å². The van der Waals surface area contributed by atoms with E-state index in [0.717, 1.165) is 16.9 Å². The van der Waals surface area contributed by atoms with E-state index in [2.05, 4.69) is 11.4 Å². The average molecular weight is 280 g/mol. The molecule has 0 bridgehead atoms. The van der Waals surface area contributed by atoms with Crippen LogP contribution in [0, 0.1) is 11.3 Å². The molecule has 0 spiro atoms. The van der Waals surface area contributed by atoms with Gasteiger partial charge in [-0.2, -0.15) is 5.26 Å². The fraction of sp³-hybridized carbons (Fsp3) is 0.176. The molecule has 0 saturated carbocycles. The summed E-state index contributed by atoms with van der Waals surface area (Å²) in [5.41, 5.74) is 1.65. The van der Waals surface area contributed by atoms with Crippen molar-refractivity contribution >= 4 is 5.91 Å². The van der Waals surface area contributed by atoms with Crippen LogP contribution in [0.1, 0.15) is 17.2 Å². The van der Waals surface area contributed by atoms with Crippen LogP contribution in [0.3, 0.4) is 0 Å². The first-order valence-corrected chi connectivity index (χ1v) is 6.60. The molecule has 0 fully saturated rings. The van der Waals surface area contributed by atoms with Crippen LogP contribution in [0.15, 0.2) is 54.6 Å². The van der Waals surface area contributed by atoms with Crippen molar-refractivity contribution in [2.24, 2.45) is 0 Å². The summed E-state index contributed by atoms with van der Waals surface area (Å²) in [5, 5.41) is 11.9. The molecule has 0 saturated heterocycles. The van der Waals surface area contributed by atoms with Crippen molar-refractivity contribution in [2.75, 3.05) is 7.11 Å². The van der Waals surface area contributed by atoms with E-state index in [9.17, 15) is 10.1 Å². The van der Waals surface area contributed by atoms with E-state index in [4.69, 9.17) is 4.74 Å². The Morgan fingerprint density at radius 3 is 2.43 bits per heavy atom. The third-order valence-electron chi connectivity index (χ3n) is 3.09. The van der Waals surface area contributed by atoms with Gasteiger partial charge in [-0.05, 0) is 23.3 Å². The number of carbonyl (C=O) groups is 1. The Bertz CT molecular complexity index is 630. The van der Waals surface area contributed by atoms with Crippen molar-refractivity contribution in [2.45, 2.75) is 12.5 Å². The number of rotatable bonds is 5. The van der Waals surface area contributed by atoms with E-state index in [0.29, 0.717) is 0 Å². The molecule has 106 valence electrons. The first-order valence-electron chi connectivity index (χ1n) is 6.60. The molecule has 0 heterocycles. The third-order valence-corrected chi connectivity index (χ3v) is 3.09. The molecule has 4 heteroatoms. The van der Waals surface area contributed by atoms with Crippen LogP contribution in [0.4, 0.5) is 0 Å². The second-order valence-electron chi connectivity index (χ2n) is 4.57. The largest absolute Gasteiger partial charge is 0.497 e. The van der Waals surface area contributed by atoms with Crippen LogP contribution in [0.2, 0.25) is 0 Å². The predicted octanol–water partition coefficient (Wildman–Crippen LogP) is 2.62. The van der Waals surface area contributed by atoms with E-state index in [1.807, 2.05) is 54.6 Å². The first kappa shape index (κ1) is 14.6. The molecule has 2 rings (SSSR count). The molecule has 1 atom stereocenters. The molecule has 0 radical (unpaired) electrons. The maximum Gasteiger partial charge on any atom is 0.225 e. The van der Waals surface area contributed by atoms with Crippen LogP contribution >= 0.6 is 0 Å². The standard InChI is InChI=1S/C17H16N2O2/c1-21-15-9-7-13(8-10-15)11-17(20)19-16(12-18)14-5-3-2-4-6-14/h2-10,16H,11H2,1H3,(H,19,20). The van der Waals surface area contributed by atoms with Gasteiger partial charge in [0.25, 0.3) is 0 Å². The van der Waals surface area contributed by atoms with Crippen LogP contribution in [-0.2, 0) is 11.2 Å². The highest BCUT2D eigenvalue weighted by molar-refractivity contribution is 5.79. The summed E-state index contributed by atoms with van der Waals surface area (Å²) in [7, 11) is 1.60. The third kappa shape index (κ3) is 4.08. The first-order chi connectivity index (χ1) is 10.2. The molecule has 1 N–H and O–H groups in total. The molecule has 0 aliphatic heterocycles. The predicted molar refractivity (Wildman–Crippen MR) is 79.6 cm³/mol. The summed E-state index contributed by atoms with van der Waals surface area (Å²) in [6.07, 6.45) is 0.231. The summed E-state index contributed by atoms with van der Waals surface area (Å²) < 4.78 is 5.07. The van der Waals surface area contributed by atoms with Crippen molar-refractivity contribution in [1.82, 2.24) is 5.32 Å². The number of amides is 1. The van der Waals surface area contributed by atoms with Crippen LogP contribution in [0.25, 0.3) is 0 Å². The number of methoxy groups -OCH3 is 1. The van der Waals surface area contributed by atoms with Gasteiger partial charge in [-0.25, -0.2) is 0 Å². The molecule has 1 amide bonds. The Morgan fingerprint density at radius 2 is 1.86 bits per heavy atom. The van der Waals surface area contributed by atoms with Gasteiger partial charge in [-0.15, -0.1) is 0 Å². The Kier molecular flexibility index (Phi) is 4.94. The Labute approximate surface area is 124 Å². The maximum absolute atomic E-state index is 12.0. The quantitative estimate of drug-likeness (QED) is 0.915. The Hall–Kier alpha value is -2.80. The molecule has 2 aromatic carbocycles. The molecule has 1 unspecified atom stereocenters. The molecule has 0 aliphatic rings. The fourth-order valence-electron chi connectivity index (χ4n) is 1.98. The van der Waals surface area contributed by atoms with Crippen LogP contribution in [0.5, 0.6) is 5.75 Å². The molecule has 0 aromatic heterocycles. The molecule has 4 nitrogen and oxygen atoms in total. The number of nitriles is 1. The van der Waals surface area contributed by atoms with Gasteiger partial charge < -0.3 is 10.1 Å². The smallest absolute Gasteiger partial charge is 0.225 e. The van der Waals surface area contributed by atoms with Gasteiger partial charge in [-0.3, -0.25) is 4.79 Å². The lowest BCUT2D eigenvalue weighted by atomic mass is 10.1. The van der Waals surface area contributed by atoms with Crippen molar-refractivity contribution in [1.29, 1.82) is 5.26 Å². The minimum Gasteiger partial charge on any atom is -0.497 e. The maximum atomic E-state index is 12.0. The minimum atomic E-state index is -0.628. The lowest BCUT2D eigenvalue weighted by Crippen LogP contribution is -2.28. The normalized spacial score (nSPS) is 11.2. The lowest BCUT2D eigenvalue weighted by molar-refractivity contribution is -0.120. The van der Waals surface area contributed by atoms with Crippen molar-refractivity contribution in [3.05, 3.63) is 65.7 Å². The molecule has 21 heavy (non-hydrogen) atoms. The van der Waals surface area contributed by atoms with Crippen molar-refractivity contribution in [3.63, 3.8) is 0 Å². The number of benzene rings is 2. The van der Waals surface area contributed by atoms with Gasteiger partial charge in [0.05, 0.1) is 19.6 Å². The van der Waals surface area contributed by atoms with Gasteiger partial charge in [-0.1, -0.05) is 42.5 Å². The number of nitrogens with one attached hydrogen (secondary N) is 1. The highest BCUT2D eigenvalue weighted by Gasteiger charge is 2.13. The van der Waals surface area contributed by atoms with Gasteiger partial charge in [0.1, 0.15) is 11.8 Å². The Morgan fingerprint density at radius 1 is 1.19 bits per heavy atom. The van der Waals surface area contributed by atoms with Gasteiger partial charge in [0.15, 0.2) is 0 Å². The van der Waals surface area contributed by atoms with E-state index in [1.54, 1.807) is 7.11 Å². The zero-order valence-corrected chi connectivity index (χ0v) is 11.7. The van der Waals surface area contributed by atoms with E-state index in [-0.39, 0.29) is 12.3 Å². The zero-order valence-electron chi connectivity index (χ0n) is 11.7. The van der Waals surface area contributed by atoms with E-state index in [1.165, 1.54) is 0 Å². The number of nitrogens with zero attached hydrogens (tertiary/aromatic N) is 1. The molecule has 2 aromatic rings. The summed E-state index contributed by atoms with van der Waals surface area (Å²) >= 11 is 0. The van der Waals surface area contributed by atoms with E-state index < -0.39 is 6.04 Å². The van der Waals surface area contributed by atoms with Gasteiger partial charge in [0, 0.05) is 0 Å². The second kappa shape index (κ2) is 7.11. The highest BCUT2D eigenvalue weighted by atomic mass is 16.5. The fourth-order valence-corrected chi connectivity index (χ4v) is 1.98. The summed E-state index contributed by atoms with van der Waals surface area (Å²) in [5.74, 6) is 0.564. The monoisotopic (exact) mass is 280 g/mol. The van der Waals surface area contributed by atoms with Crippen molar-refractivity contribution < 1.29 is 9.53 Å². The Balaban J connectivity index is 1.98. The SMILES string of the molecule is COc1ccc(CC(=O)NC(C#N)c2ccccc2)cc1. The zero-order chi connectivity index (χ0) is 15.1. The van der Waals surface area contributed by atoms with Crippen LogP contribution < -0.4 is 10.1 Å². The number of carbonyl (C=O) groups excluding carboxylic acids is 1. The average Bonchev–Trinajstić information content (AvgIpc) is 2.54.